The van der Waals surface area contributed by atoms with Crippen LogP contribution in [0.3, 0.4) is 0 Å². The van der Waals surface area contributed by atoms with Gasteiger partial charge in [0.1, 0.15) is 10.6 Å². The third kappa shape index (κ3) is 9.44. The van der Waals surface area contributed by atoms with Gasteiger partial charge >= 0.3 is 0 Å². The molecule has 0 aliphatic heterocycles. The average molecular weight is 516 g/mol. The van der Waals surface area contributed by atoms with Gasteiger partial charge in [-0.1, -0.05) is 37.1 Å². The number of nitrogens with zero attached hydrogens (tertiary/aromatic N) is 1. The van der Waals surface area contributed by atoms with Gasteiger partial charge in [-0.25, -0.2) is 0 Å². The molecule has 2 saturated carbocycles. The lowest BCUT2D eigenvalue weighted by Gasteiger charge is -2.27. The number of nitrogens with one attached hydrogen (secondary N) is 1. The molecule has 9 heteroatoms. The van der Waals surface area contributed by atoms with Gasteiger partial charge < -0.3 is 20.3 Å². The Morgan fingerprint density at radius 3 is 2.06 bits per heavy atom. The number of carboxylic acid groups (broad SMARTS) is 1. The number of carboxylic acids is 1. The topological polar surface area (TPSA) is 132 Å². The summed E-state index contributed by atoms with van der Waals surface area (Å²) in [4.78, 5) is 22.0. The van der Waals surface area contributed by atoms with E-state index in [1.54, 1.807) is 18.2 Å². The van der Waals surface area contributed by atoms with Crippen molar-refractivity contribution in [3.05, 3.63) is 64.2 Å². The molecule has 2 aromatic carbocycles. The van der Waals surface area contributed by atoms with Crippen molar-refractivity contribution >= 4 is 23.6 Å². The van der Waals surface area contributed by atoms with E-state index < -0.39 is 16.9 Å². The maximum atomic E-state index is 11.2. The molecule has 8 nitrogen and oxygen atoms in total. The third-order valence-electron chi connectivity index (χ3n) is 6.88. The molecular formula is C27H37N3O5S. The summed E-state index contributed by atoms with van der Waals surface area (Å²) in [6.07, 6.45) is 15.1. The van der Waals surface area contributed by atoms with Crippen LogP contribution >= 0.6 is 11.9 Å². The molecule has 0 radical (unpaired) electrons. The minimum Gasteiger partial charge on any atom is -0.548 e. The second-order valence-electron chi connectivity index (χ2n) is 9.68. The highest BCUT2D eigenvalue weighted by molar-refractivity contribution is 7.97. The SMILES string of the molecule is C1CCC([NH2+]C2CCCCC2)CC1.O=C([O-])C(Cc1ccc(O)cc1)NSc1ccccc1[N+](=O)[O-]. The summed E-state index contributed by atoms with van der Waals surface area (Å²) < 4.78 is 2.68. The zero-order valence-electron chi connectivity index (χ0n) is 20.6. The first-order valence-corrected chi connectivity index (χ1v) is 13.7. The van der Waals surface area contributed by atoms with Gasteiger partial charge in [0.25, 0.3) is 5.69 Å². The van der Waals surface area contributed by atoms with Gasteiger partial charge in [-0.15, -0.1) is 0 Å². The number of carbonyl (C=O) groups is 1. The first-order valence-electron chi connectivity index (χ1n) is 12.9. The van der Waals surface area contributed by atoms with Crippen LogP contribution in [0.15, 0.2) is 53.4 Å². The van der Waals surface area contributed by atoms with Crippen LogP contribution in [0.2, 0.25) is 0 Å². The van der Waals surface area contributed by atoms with Crippen molar-refractivity contribution in [1.82, 2.24) is 4.72 Å². The molecule has 0 amide bonds. The number of phenolic OH excluding ortho intramolecular Hbond substituents is 1. The molecule has 2 fully saturated rings. The van der Waals surface area contributed by atoms with E-state index in [0.717, 1.165) is 24.0 Å². The second kappa shape index (κ2) is 14.8. The van der Waals surface area contributed by atoms with Crippen LogP contribution in [0.5, 0.6) is 5.75 Å². The molecule has 196 valence electrons. The lowest BCUT2D eigenvalue weighted by molar-refractivity contribution is -0.725. The summed E-state index contributed by atoms with van der Waals surface area (Å²) >= 11 is 0.872. The van der Waals surface area contributed by atoms with Crippen molar-refractivity contribution < 1.29 is 25.2 Å². The van der Waals surface area contributed by atoms with Crippen molar-refractivity contribution in [2.75, 3.05) is 0 Å². The van der Waals surface area contributed by atoms with E-state index in [-0.39, 0.29) is 17.9 Å². The van der Waals surface area contributed by atoms with Crippen LogP contribution in [0.4, 0.5) is 5.69 Å². The number of para-hydroxylation sites is 1. The van der Waals surface area contributed by atoms with Gasteiger partial charge in [0.2, 0.25) is 0 Å². The fourth-order valence-electron chi connectivity index (χ4n) is 4.91. The summed E-state index contributed by atoms with van der Waals surface area (Å²) in [7, 11) is 0. The first-order chi connectivity index (χ1) is 17.4. The van der Waals surface area contributed by atoms with Gasteiger partial charge in [-0.2, -0.15) is 0 Å². The molecule has 0 heterocycles. The lowest BCUT2D eigenvalue weighted by Crippen LogP contribution is -2.95. The van der Waals surface area contributed by atoms with Crippen LogP contribution in [-0.2, 0) is 11.2 Å². The van der Waals surface area contributed by atoms with E-state index >= 15 is 0 Å². The van der Waals surface area contributed by atoms with Crippen molar-refractivity contribution in [2.24, 2.45) is 0 Å². The quantitative estimate of drug-likeness (QED) is 0.265. The Kier molecular flexibility index (Phi) is 11.5. The number of carbonyl (C=O) groups excluding carboxylic acids is 1. The maximum Gasteiger partial charge on any atom is 0.284 e. The van der Waals surface area contributed by atoms with E-state index in [1.165, 1.54) is 94.5 Å². The number of nitrogens with two attached hydrogens (primary N) is 1. The number of quaternary nitrogens is 1. The fourth-order valence-corrected chi connectivity index (χ4v) is 5.75. The minimum atomic E-state index is -1.32. The van der Waals surface area contributed by atoms with Crippen molar-refractivity contribution in [3.8, 4) is 5.75 Å². The van der Waals surface area contributed by atoms with E-state index in [0.29, 0.717) is 10.5 Å². The molecule has 4 N–H and O–H groups in total. The predicted molar refractivity (Wildman–Crippen MR) is 138 cm³/mol. The Hall–Kier alpha value is -2.62. The van der Waals surface area contributed by atoms with E-state index in [9.17, 15) is 25.1 Å². The average Bonchev–Trinajstić information content (AvgIpc) is 2.89. The number of rotatable bonds is 9. The summed E-state index contributed by atoms with van der Waals surface area (Å²) in [5.41, 5.74) is 0.583. The molecule has 2 aromatic rings. The highest BCUT2D eigenvalue weighted by atomic mass is 32.2. The molecule has 36 heavy (non-hydrogen) atoms. The molecule has 0 aromatic heterocycles. The smallest absolute Gasteiger partial charge is 0.284 e. The fraction of sp³-hybridized carbons (Fsp3) is 0.519. The number of benzene rings is 2. The number of hydrogen-bond acceptors (Lipinski definition) is 7. The lowest BCUT2D eigenvalue weighted by atomic mass is 9.91. The Morgan fingerprint density at radius 1 is 0.972 bits per heavy atom. The summed E-state index contributed by atoms with van der Waals surface area (Å²) in [5, 5.41) is 34.1. The molecule has 4 rings (SSSR count). The molecular weight excluding hydrogens is 478 g/mol. The number of nitro benzene ring substituents is 1. The first kappa shape index (κ1) is 28.0. The molecule has 2 aliphatic rings. The molecule has 0 saturated heterocycles. The zero-order valence-corrected chi connectivity index (χ0v) is 21.5. The minimum absolute atomic E-state index is 0.0843. The van der Waals surface area contributed by atoms with Crippen molar-refractivity contribution in [3.63, 3.8) is 0 Å². The number of hydrogen-bond donors (Lipinski definition) is 3. The number of nitro groups is 1. The van der Waals surface area contributed by atoms with Gasteiger partial charge in [-0.05, 0) is 93.5 Å². The van der Waals surface area contributed by atoms with Gasteiger partial charge in [0, 0.05) is 6.07 Å². The van der Waals surface area contributed by atoms with Crippen molar-refractivity contribution in [1.29, 1.82) is 0 Å². The number of aliphatic carboxylic acids is 1. The maximum absolute atomic E-state index is 11.2. The third-order valence-corrected chi connectivity index (χ3v) is 7.85. The predicted octanol–water partition coefficient (Wildman–Crippen LogP) is 3.47. The van der Waals surface area contributed by atoms with Gasteiger partial charge in [-0.3, -0.25) is 14.8 Å². The van der Waals surface area contributed by atoms with Gasteiger partial charge in [0.05, 0.1) is 29.0 Å². The second-order valence-corrected chi connectivity index (χ2v) is 10.6. The number of aromatic hydroxyl groups is 1. The van der Waals surface area contributed by atoms with Crippen LogP contribution in [0.1, 0.15) is 69.8 Å². The van der Waals surface area contributed by atoms with Crippen LogP contribution in [0, 0.1) is 10.1 Å². The van der Waals surface area contributed by atoms with E-state index in [4.69, 9.17) is 0 Å². The Labute approximate surface area is 217 Å². The Bertz CT molecular complexity index is 944. The monoisotopic (exact) mass is 515 g/mol. The normalized spacial score (nSPS) is 17.6. The molecule has 0 spiro atoms. The van der Waals surface area contributed by atoms with E-state index in [2.05, 4.69) is 10.0 Å². The zero-order chi connectivity index (χ0) is 25.8. The van der Waals surface area contributed by atoms with Crippen molar-refractivity contribution in [2.45, 2.75) is 93.7 Å². The highest BCUT2D eigenvalue weighted by Crippen LogP contribution is 2.27. The Morgan fingerprint density at radius 2 is 1.53 bits per heavy atom. The number of phenols is 1. The molecule has 1 unspecified atom stereocenters. The largest absolute Gasteiger partial charge is 0.548 e. The van der Waals surface area contributed by atoms with Gasteiger partial charge in [0.15, 0.2) is 0 Å². The molecule has 2 aliphatic carbocycles. The highest BCUT2D eigenvalue weighted by Gasteiger charge is 2.22. The van der Waals surface area contributed by atoms with Crippen LogP contribution < -0.4 is 15.1 Å². The Balaban J connectivity index is 0.000000233. The summed E-state index contributed by atoms with van der Waals surface area (Å²) in [6, 6.07) is 13.1. The summed E-state index contributed by atoms with van der Waals surface area (Å²) in [5.74, 6) is -1.23. The molecule has 0 bridgehead atoms. The summed E-state index contributed by atoms with van der Waals surface area (Å²) in [6.45, 7) is 0. The standard InChI is InChI=1S/C15H14N2O5S.C12H23N/c18-11-7-5-10(6-8-11)9-12(15(19)20)16-23-14-4-2-1-3-13(14)17(21)22;1-3-7-11(8-4-1)13-12-9-5-2-6-10-12/h1-8,12,16,18H,9H2,(H,19,20);11-13H,1-10H2. The molecule has 1 atom stereocenters. The van der Waals surface area contributed by atoms with E-state index in [1.807, 2.05) is 0 Å². The van der Waals surface area contributed by atoms with Crippen LogP contribution in [-0.4, -0.2) is 34.1 Å². The van der Waals surface area contributed by atoms with Crippen LogP contribution in [0.25, 0.3) is 0 Å².